The number of hydrogen-bond acceptors (Lipinski definition) is 12. The fourth-order valence-corrected chi connectivity index (χ4v) is 13.2. The van der Waals surface area contributed by atoms with E-state index in [2.05, 4.69) is 95.9 Å². The lowest BCUT2D eigenvalue weighted by molar-refractivity contribution is -0.170. The van der Waals surface area contributed by atoms with Gasteiger partial charge < -0.3 is 33.5 Å². The second-order valence-electron chi connectivity index (χ2n) is 20.5. The third-order valence-corrected chi connectivity index (χ3v) is 16.7. The SMILES string of the molecule is CC(C)(C)OC(=O)N1CCC(O)CC1.O=C(OCCN1CCOCC1)C1CCCCC1.O=C(OCCS(=O)(=O)[O-])C12CC3CC(CC(C3)C1)C2.c1ccc([S+](c2ccccc2)c2ccccc2)cc1. The van der Waals surface area contributed by atoms with Gasteiger partial charge in [-0.05, 0) is 139 Å². The van der Waals surface area contributed by atoms with Crippen molar-refractivity contribution in [1.82, 2.24) is 9.80 Å². The topological polar surface area (TPSA) is 172 Å². The zero-order valence-electron chi connectivity index (χ0n) is 41.1. The molecule has 10 rings (SSSR count). The number of aliphatic hydroxyl groups excluding tert-OH is 1. The van der Waals surface area contributed by atoms with E-state index in [1.165, 1.54) is 53.2 Å². The third kappa shape index (κ3) is 18.0. The fraction of sp³-hybridized carbons (Fsp3) is 0.611. The summed E-state index contributed by atoms with van der Waals surface area (Å²) in [5, 5.41) is 9.26. The highest BCUT2D eigenvalue weighted by Crippen LogP contribution is 2.60. The Hall–Kier alpha value is -3.99. The van der Waals surface area contributed by atoms with Crippen LogP contribution in [-0.2, 0) is 49.5 Å². The molecule has 1 N–H and O–H groups in total. The van der Waals surface area contributed by atoms with Crippen LogP contribution in [0.5, 0.6) is 0 Å². The highest BCUT2D eigenvalue weighted by atomic mass is 32.2. The zero-order chi connectivity index (χ0) is 49.3. The molecule has 5 saturated carbocycles. The molecule has 1 amide bonds. The summed E-state index contributed by atoms with van der Waals surface area (Å²) in [5.41, 5.74) is -0.811. The predicted octanol–water partition coefficient (Wildman–Crippen LogP) is 8.89. The number of carbonyl (C=O) groups is 3. The van der Waals surface area contributed by atoms with Crippen LogP contribution in [0.4, 0.5) is 4.79 Å². The van der Waals surface area contributed by atoms with E-state index < -0.39 is 21.5 Å². The van der Waals surface area contributed by atoms with Crippen molar-refractivity contribution in [3.8, 4) is 0 Å². The number of morpholine rings is 1. The number of carbonyl (C=O) groups excluding carboxylic acids is 3. The number of rotatable bonds is 11. The van der Waals surface area contributed by atoms with E-state index >= 15 is 0 Å². The fourth-order valence-electron chi connectivity index (χ4n) is 10.8. The molecule has 7 aliphatic rings. The first-order valence-corrected chi connectivity index (χ1v) is 28.0. The quantitative estimate of drug-likeness (QED) is 0.0839. The molecule has 15 heteroatoms. The van der Waals surface area contributed by atoms with E-state index in [-0.39, 0.29) is 53.0 Å². The summed E-state index contributed by atoms with van der Waals surface area (Å²) in [7, 11) is -4.32. The lowest BCUT2D eigenvalue weighted by atomic mass is 9.49. The zero-order valence-corrected chi connectivity index (χ0v) is 42.7. The van der Waals surface area contributed by atoms with Gasteiger partial charge in [-0.25, -0.2) is 13.2 Å². The largest absolute Gasteiger partial charge is 0.748 e. The number of likely N-dealkylation sites (tertiary alicyclic amines) is 1. The van der Waals surface area contributed by atoms with Gasteiger partial charge in [0.2, 0.25) is 0 Å². The first-order valence-electron chi connectivity index (χ1n) is 25.2. The van der Waals surface area contributed by atoms with Crippen LogP contribution >= 0.6 is 0 Å². The Balaban J connectivity index is 0.000000152. The van der Waals surface area contributed by atoms with Crippen LogP contribution in [0.2, 0.25) is 0 Å². The maximum atomic E-state index is 12.3. The van der Waals surface area contributed by atoms with E-state index in [0.717, 1.165) is 65.0 Å². The summed E-state index contributed by atoms with van der Waals surface area (Å²) < 4.78 is 52.5. The molecule has 0 aromatic heterocycles. The predicted molar refractivity (Wildman–Crippen MR) is 265 cm³/mol. The van der Waals surface area contributed by atoms with E-state index in [1.807, 2.05) is 20.8 Å². The number of amides is 1. The normalized spacial score (nSPS) is 23.8. The number of nitrogens with zero attached hydrogens (tertiary/aromatic N) is 2. The smallest absolute Gasteiger partial charge is 0.410 e. The highest BCUT2D eigenvalue weighted by Gasteiger charge is 2.55. The second-order valence-corrected chi connectivity index (χ2v) is 24.0. The molecular formula is C54H76N2O11S2. The van der Waals surface area contributed by atoms with Crippen molar-refractivity contribution in [3.63, 3.8) is 0 Å². The minimum Gasteiger partial charge on any atom is -0.748 e. The number of benzene rings is 3. The molecule has 3 aromatic rings. The Morgan fingerprint density at radius 2 is 1.19 bits per heavy atom. The molecule has 2 saturated heterocycles. The lowest BCUT2D eigenvalue weighted by Crippen LogP contribution is -2.50. The van der Waals surface area contributed by atoms with E-state index in [0.29, 0.717) is 50.3 Å². The van der Waals surface area contributed by atoms with Gasteiger partial charge in [0.25, 0.3) is 0 Å². The van der Waals surface area contributed by atoms with Gasteiger partial charge in [0.05, 0.1) is 57.4 Å². The van der Waals surface area contributed by atoms with Crippen molar-refractivity contribution in [2.45, 2.75) is 131 Å². The van der Waals surface area contributed by atoms with Crippen LogP contribution in [0.3, 0.4) is 0 Å². The van der Waals surface area contributed by atoms with Gasteiger partial charge in [0.1, 0.15) is 18.8 Å². The molecule has 0 atom stereocenters. The highest BCUT2D eigenvalue weighted by molar-refractivity contribution is 7.97. The summed E-state index contributed by atoms with van der Waals surface area (Å²) in [6.45, 7) is 11.3. The van der Waals surface area contributed by atoms with E-state index in [4.69, 9.17) is 18.9 Å². The maximum absolute atomic E-state index is 12.3. The van der Waals surface area contributed by atoms with Crippen LogP contribution in [0.25, 0.3) is 0 Å². The first kappa shape index (κ1) is 54.3. The Morgan fingerprint density at radius 3 is 1.64 bits per heavy atom. The Bertz CT molecular complexity index is 1990. The number of ether oxygens (including phenoxy) is 4. The Kier molecular flexibility index (Phi) is 20.8. The number of hydrogen-bond donors (Lipinski definition) is 1. The van der Waals surface area contributed by atoms with Gasteiger partial charge in [0.15, 0.2) is 14.7 Å². The monoisotopic (exact) mass is 992 g/mol. The summed E-state index contributed by atoms with van der Waals surface area (Å²) in [4.78, 5) is 43.6. The standard InChI is InChI=1S/C18H15S.C13H23NO3.C13H20O5S.C10H19NO3/c1-4-10-16(11-5-1)19(17-12-6-2-7-13-17)18-14-8-3-9-15-18;15-13(12-4-2-1-3-5-12)17-11-8-14-6-9-16-10-7-14;14-12(18-1-2-19(15,16)17)13-6-9-3-10(7-13)5-11(4-9)8-13;1-10(2,3)14-9(13)11-6-4-8(12)5-7-11/h1-15H;12H,1-11H2;9-11H,1-8H2,(H,15,16,17);8,12H,4-7H2,1-3H3/q+1;;;/p-1. The van der Waals surface area contributed by atoms with E-state index in [9.17, 15) is 32.5 Å². The van der Waals surface area contributed by atoms with Crippen molar-refractivity contribution in [2.75, 3.05) is 64.9 Å². The molecule has 0 radical (unpaired) electrons. The van der Waals surface area contributed by atoms with Crippen molar-refractivity contribution < 1.29 is 51.4 Å². The van der Waals surface area contributed by atoms with Gasteiger partial charge >= 0.3 is 18.0 Å². The summed E-state index contributed by atoms with van der Waals surface area (Å²) in [6, 6.07) is 32.2. The minimum atomic E-state index is -4.30. The van der Waals surface area contributed by atoms with Gasteiger partial charge in [-0.2, -0.15) is 0 Å². The van der Waals surface area contributed by atoms with Crippen LogP contribution in [0.15, 0.2) is 106 Å². The number of esters is 2. The second kappa shape index (κ2) is 26.5. The van der Waals surface area contributed by atoms with E-state index in [1.54, 1.807) is 4.90 Å². The number of piperidine rings is 1. The average Bonchev–Trinajstić information content (AvgIpc) is 3.33. The van der Waals surface area contributed by atoms with Crippen LogP contribution in [-0.4, -0.2) is 123 Å². The molecular weight excluding hydrogens is 917 g/mol. The molecule has 0 unspecified atom stereocenters. The maximum Gasteiger partial charge on any atom is 0.410 e. The van der Waals surface area contributed by atoms with Gasteiger partial charge in [-0.15, -0.1) is 0 Å². The van der Waals surface area contributed by atoms with Gasteiger partial charge in [0, 0.05) is 32.7 Å². The lowest BCUT2D eigenvalue weighted by Gasteiger charge is -2.55. The molecule has 13 nitrogen and oxygen atoms in total. The van der Waals surface area contributed by atoms with Gasteiger partial charge in [-0.1, -0.05) is 73.9 Å². The van der Waals surface area contributed by atoms with Crippen LogP contribution in [0.1, 0.15) is 104 Å². The molecule has 3 aromatic carbocycles. The third-order valence-electron chi connectivity index (χ3n) is 13.8. The van der Waals surface area contributed by atoms with Crippen molar-refractivity contribution in [1.29, 1.82) is 0 Å². The van der Waals surface area contributed by atoms with Crippen LogP contribution in [0, 0.1) is 29.1 Å². The molecule has 380 valence electrons. The van der Waals surface area contributed by atoms with Crippen molar-refractivity contribution >= 4 is 39.0 Å². The molecule has 0 spiro atoms. The minimum absolute atomic E-state index is 0.0146. The first-order chi connectivity index (χ1) is 33.1. The molecule has 4 bridgehead atoms. The Labute approximate surface area is 414 Å². The molecule has 7 fully saturated rings. The van der Waals surface area contributed by atoms with Crippen molar-refractivity contribution in [2.24, 2.45) is 29.1 Å². The Morgan fingerprint density at radius 1 is 0.710 bits per heavy atom. The average molecular weight is 993 g/mol. The molecule has 69 heavy (non-hydrogen) atoms. The summed E-state index contributed by atoms with van der Waals surface area (Å²) in [6.07, 6.45) is 12.9. The molecule has 2 aliphatic heterocycles. The van der Waals surface area contributed by atoms with Crippen molar-refractivity contribution in [3.05, 3.63) is 91.0 Å². The summed E-state index contributed by atoms with van der Waals surface area (Å²) in [5.74, 6) is 1.23. The molecule has 5 aliphatic carbocycles. The summed E-state index contributed by atoms with van der Waals surface area (Å²) >= 11 is 0. The number of aliphatic hydroxyl groups is 1. The molecule has 2 heterocycles. The van der Waals surface area contributed by atoms with Gasteiger partial charge in [-0.3, -0.25) is 14.5 Å². The van der Waals surface area contributed by atoms with Crippen LogP contribution < -0.4 is 0 Å².